The average Bonchev–Trinajstić information content (AvgIpc) is 2.44. The SMILES string of the molecule is C#CC(C)(CC)N1CC(S)CC1=O. The third-order valence-electron chi connectivity index (χ3n) is 2.70. The Kier molecular flexibility index (Phi) is 2.92. The highest BCUT2D eigenvalue weighted by Gasteiger charge is 2.38. The third kappa shape index (κ3) is 1.83. The van der Waals surface area contributed by atoms with Crippen LogP contribution in [-0.2, 0) is 4.79 Å². The Morgan fingerprint density at radius 1 is 1.85 bits per heavy atom. The Morgan fingerprint density at radius 2 is 2.46 bits per heavy atom. The number of likely N-dealkylation sites (tertiary alicyclic amines) is 1. The van der Waals surface area contributed by atoms with E-state index in [2.05, 4.69) is 18.5 Å². The van der Waals surface area contributed by atoms with Gasteiger partial charge in [-0.1, -0.05) is 12.8 Å². The number of rotatable bonds is 2. The van der Waals surface area contributed by atoms with E-state index in [0.29, 0.717) is 13.0 Å². The molecule has 0 radical (unpaired) electrons. The molecule has 13 heavy (non-hydrogen) atoms. The van der Waals surface area contributed by atoms with Crippen LogP contribution in [0.1, 0.15) is 26.7 Å². The molecule has 1 aliphatic rings. The molecule has 2 atom stereocenters. The molecule has 0 aliphatic carbocycles. The highest BCUT2D eigenvalue weighted by Crippen LogP contribution is 2.26. The van der Waals surface area contributed by atoms with Gasteiger partial charge in [0.2, 0.25) is 5.91 Å². The van der Waals surface area contributed by atoms with E-state index in [1.807, 2.05) is 13.8 Å². The Morgan fingerprint density at radius 3 is 2.77 bits per heavy atom. The van der Waals surface area contributed by atoms with Crippen LogP contribution in [0.2, 0.25) is 0 Å². The number of carbonyl (C=O) groups is 1. The minimum Gasteiger partial charge on any atom is -0.325 e. The van der Waals surface area contributed by atoms with Crippen molar-refractivity contribution in [2.45, 2.75) is 37.5 Å². The van der Waals surface area contributed by atoms with Crippen LogP contribution in [0.5, 0.6) is 0 Å². The first-order valence-corrected chi connectivity index (χ1v) is 5.01. The van der Waals surface area contributed by atoms with Crippen molar-refractivity contribution in [3.63, 3.8) is 0 Å². The molecule has 1 amide bonds. The Hall–Kier alpha value is -0.620. The highest BCUT2D eigenvalue weighted by molar-refractivity contribution is 7.81. The molecular weight excluding hydrogens is 182 g/mol. The van der Waals surface area contributed by atoms with Crippen LogP contribution >= 0.6 is 12.6 Å². The summed E-state index contributed by atoms with van der Waals surface area (Å²) in [5, 5.41) is 0.145. The molecule has 3 heteroatoms. The summed E-state index contributed by atoms with van der Waals surface area (Å²) < 4.78 is 0. The van der Waals surface area contributed by atoms with Crippen molar-refractivity contribution in [2.75, 3.05) is 6.54 Å². The minimum atomic E-state index is -0.422. The van der Waals surface area contributed by atoms with Crippen molar-refractivity contribution in [3.05, 3.63) is 0 Å². The van der Waals surface area contributed by atoms with Gasteiger partial charge in [-0.15, -0.1) is 6.42 Å². The van der Waals surface area contributed by atoms with Crippen molar-refractivity contribution >= 4 is 18.5 Å². The van der Waals surface area contributed by atoms with E-state index in [-0.39, 0.29) is 11.2 Å². The summed E-state index contributed by atoms with van der Waals surface area (Å²) in [6, 6.07) is 0. The number of thiol groups is 1. The fourth-order valence-electron chi connectivity index (χ4n) is 1.54. The molecule has 1 fully saturated rings. The molecule has 1 saturated heterocycles. The predicted molar refractivity (Wildman–Crippen MR) is 56.6 cm³/mol. The Labute approximate surface area is 85.1 Å². The molecule has 0 aromatic rings. The monoisotopic (exact) mass is 197 g/mol. The Balaban J connectivity index is 2.83. The van der Waals surface area contributed by atoms with Crippen molar-refractivity contribution in [1.29, 1.82) is 0 Å². The minimum absolute atomic E-state index is 0.127. The van der Waals surface area contributed by atoms with E-state index in [1.54, 1.807) is 4.90 Å². The van der Waals surface area contributed by atoms with Crippen molar-refractivity contribution < 1.29 is 4.79 Å². The fraction of sp³-hybridized carbons (Fsp3) is 0.700. The quantitative estimate of drug-likeness (QED) is 0.523. The van der Waals surface area contributed by atoms with Gasteiger partial charge in [0, 0.05) is 18.2 Å². The van der Waals surface area contributed by atoms with E-state index in [0.717, 1.165) is 6.42 Å². The van der Waals surface area contributed by atoms with Crippen molar-refractivity contribution in [3.8, 4) is 12.3 Å². The molecule has 72 valence electrons. The summed E-state index contributed by atoms with van der Waals surface area (Å²) in [4.78, 5) is 13.3. The maximum absolute atomic E-state index is 11.5. The molecule has 0 aromatic heterocycles. The Bertz CT molecular complexity index is 258. The summed E-state index contributed by atoms with van der Waals surface area (Å²) in [7, 11) is 0. The maximum atomic E-state index is 11.5. The molecule has 0 saturated carbocycles. The second-order valence-corrected chi connectivity index (χ2v) is 4.36. The topological polar surface area (TPSA) is 20.3 Å². The van der Waals surface area contributed by atoms with Gasteiger partial charge >= 0.3 is 0 Å². The predicted octanol–water partition coefficient (Wildman–Crippen LogP) is 1.32. The number of amides is 1. The van der Waals surface area contributed by atoms with Gasteiger partial charge in [-0.25, -0.2) is 0 Å². The van der Waals surface area contributed by atoms with Gasteiger partial charge in [-0.3, -0.25) is 4.79 Å². The van der Waals surface area contributed by atoms with Crippen LogP contribution in [0.15, 0.2) is 0 Å². The summed E-state index contributed by atoms with van der Waals surface area (Å²) in [6.07, 6.45) is 6.74. The summed E-state index contributed by atoms with van der Waals surface area (Å²) in [5.41, 5.74) is -0.422. The lowest BCUT2D eigenvalue weighted by atomic mass is 9.98. The first-order valence-electron chi connectivity index (χ1n) is 4.50. The second-order valence-electron chi connectivity index (χ2n) is 3.63. The van der Waals surface area contributed by atoms with Crippen molar-refractivity contribution in [2.24, 2.45) is 0 Å². The van der Waals surface area contributed by atoms with E-state index in [4.69, 9.17) is 6.42 Å². The standard InChI is InChI=1S/C10H15NOS/c1-4-10(3,5-2)11-7-8(13)6-9(11)12/h1,8,13H,5-7H2,2-3H3. The molecular formula is C10H15NOS. The summed E-state index contributed by atoms with van der Waals surface area (Å²) >= 11 is 4.29. The van der Waals surface area contributed by atoms with Crippen LogP contribution in [0.25, 0.3) is 0 Å². The van der Waals surface area contributed by atoms with E-state index in [1.165, 1.54) is 0 Å². The lowest BCUT2D eigenvalue weighted by molar-refractivity contribution is -0.131. The largest absolute Gasteiger partial charge is 0.325 e. The number of hydrogen-bond acceptors (Lipinski definition) is 2. The van der Waals surface area contributed by atoms with Gasteiger partial charge < -0.3 is 4.90 Å². The van der Waals surface area contributed by atoms with Crippen molar-refractivity contribution in [1.82, 2.24) is 4.90 Å². The van der Waals surface area contributed by atoms with E-state index >= 15 is 0 Å². The summed E-state index contributed by atoms with van der Waals surface area (Å²) in [6.45, 7) is 4.60. The normalized spacial score (nSPS) is 27.1. The number of nitrogens with zero attached hydrogens (tertiary/aromatic N) is 1. The smallest absolute Gasteiger partial charge is 0.224 e. The molecule has 0 bridgehead atoms. The van der Waals surface area contributed by atoms with E-state index < -0.39 is 5.54 Å². The zero-order valence-electron chi connectivity index (χ0n) is 8.08. The van der Waals surface area contributed by atoms with Gasteiger partial charge in [-0.05, 0) is 13.3 Å². The van der Waals surface area contributed by atoms with Gasteiger partial charge in [0.1, 0.15) is 5.54 Å². The number of carbonyl (C=O) groups excluding carboxylic acids is 1. The van der Waals surface area contributed by atoms with Crippen LogP contribution < -0.4 is 0 Å². The third-order valence-corrected chi connectivity index (χ3v) is 3.05. The lowest BCUT2D eigenvalue weighted by Crippen LogP contribution is -2.45. The molecule has 1 rings (SSSR count). The number of terminal acetylenes is 1. The van der Waals surface area contributed by atoms with Crippen LogP contribution in [0.4, 0.5) is 0 Å². The second kappa shape index (κ2) is 3.63. The summed E-state index contributed by atoms with van der Waals surface area (Å²) in [5.74, 6) is 2.82. The van der Waals surface area contributed by atoms with Crippen LogP contribution in [0.3, 0.4) is 0 Å². The molecule has 2 nitrogen and oxygen atoms in total. The van der Waals surface area contributed by atoms with Crippen LogP contribution in [0, 0.1) is 12.3 Å². The molecule has 1 aliphatic heterocycles. The zero-order chi connectivity index (χ0) is 10.1. The lowest BCUT2D eigenvalue weighted by Gasteiger charge is -2.33. The van der Waals surface area contributed by atoms with Gasteiger partial charge in [0.25, 0.3) is 0 Å². The fourth-order valence-corrected chi connectivity index (χ4v) is 1.86. The first-order chi connectivity index (χ1) is 6.03. The van der Waals surface area contributed by atoms with Gasteiger partial charge in [-0.2, -0.15) is 12.6 Å². The maximum Gasteiger partial charge on any atom is 0.224 e. The molecule has 2 unspecified atom stereocenters. The zero-order valence-corrected chi connectivity index (χ0v) is 8.97. The molecule has 0 aromatic carbocycles. The first kappa shape index (κ1) is 10.5. The average molecular weight is 197 g/mol. The highest BCUT2D eigenvalue weighted by atomic mass is 32.1. The molecule has 0 spiro atoms. The van der Waals surface area contributed by atoms with Crippen LogP contribution in [-0.4, -0.2) is 28.1 Å². The van der Waals surface area contributed by atoms with E-state index in [9.17, 15) is 4.79 Å². The number of hydrogen-bond donors (Lipinski definition) is 1. The van der Waals surface area contributed by atoms with Gasteiger partial charge in [0.05, 0.1) is 0 Å². The molecule has 1 heterocycles. The van der Waals surface area contributed by atoms with Gasteiger partial charge in [0.15, 0.2) is 0 Å². The molecule has 0 N–H and O–H groups in total.